The zero-order valence-electron chi connectivity index (χ0n) is 11.7. The van der Waals surface area contributed by atoms with Crippen molar-refractivity contribution >= 4 is 17.3 Å². The first-order chi connectivity index (χ1) is 9.74. The molecule has 2 rings (SSSR count). The first-order valence-electron chi connectivity index (χ1n) is 6.82. The van der Waals surface area contributed by atoms with E-state index in [4.69, 9.17) is 11.6 Å². The average Bonchev–Trinajstić information content (AvgIpc) is 2.46. The molecule has 0 aliphatic carbocycles. The Kier molecular flexibility index (Phi) is 5.84. The number of aromatic nitrogens is 1. The van der Waals surface area contributed by atoms with Crippen LogP contribution in [-0.4, -0.2) is 36.6 Å². The van der Waals surface area contributed by atoms with Crippen molar-refractivity contribution in [2.24, 2.45) is 0 Å². The van der Waals surface area contributed by atoms with Crippen molar-refractivity contribution in [2.75, 3.05) is 32.0 Å². The van der Waals surface area contributed by atoms with E-state index in [9.17, 15) is 0 Å². The number of hydrogen-bond acceptors (Lipinski definition) is 3. The summed E-state index contributed by atoms with van der Waals surface area (Å²) in [5.74, 6) is 0. The molecule has 0 spiro atoms. The van der Waals surface area contributed by atoms with Gasteiger partial charge in [-0.1, -0.05) is 23.7 Å². The third-order valence-corrected chi connectivity index (χ3v) is 3.36. The van der Waals surface area contributed by atoms with Gasteiger partial charge in [0.05, 0.1) is 0 Å². The Morgan fingerprint density at radius 1 is 1.15 bits per heavy atom. The number of rotatable bonds is 7. The smallest absolute Gasteiger partial charge is 0.0426 e. The summed E-state index contributed by atoms with van der Waals surface area (Å²) in [5, 5.41) is 4.14. The van der Waals surface area contributed by atoms with Gasteiger partial charge in [0, 0.05) is 48.7 Å². The standard InChI is InChI=1S/C16H20ClN3/c1-20(11-8-15-6-2-3-9-18-15)12-10-19-16-7-4-5-14(17)13-16/h2-7,9,13,19H,8,10-12H2,1H3. The fourth-order valence-electron chi connectivity index (χ4n) is 1.95. The van der Waals surface area contributed by atoms with E-state index in [1.54, 1.807) is 0 Å². The van der Waals surface area contributed by atoms with Crippen molar-refractivity contribution in [3.63, 3.8) is 0 Å². The third kappa shape index (κ3) is 5.19. The molecule has 20 heavy (non-hydrogen) atoms. The molecule has 3 nitrogen and oxygen atoms in total. The minimum Gasteiger partial charge on any atom is -0.384 e. The number of nitrogens with zero attached hydrogens (tertiary/aromatic N) is 2. The van der Waals surface area contributed by atoms with E-state index in [1.165, 1.54) is 0 Å². The summed E-state index contributed by atoms with van der Waals surface area (Å²) in [6.45, 7) is 2.90. The maximum atomic E-state index is 5.95. The molecule has 1 heterocycles. The maximum Gasteiger partial charge on any atom is 0.0426 e. The van der Waals surface area contributed by atoms with Gasteiger partial charge in [0.15, 0.2) is 0 Å². The Hall–Kier alpha value is -1.58. The van der Waals surface area contributed by atoms with Crippen molar-refractivity contribution < 1.29 is 0 Å². The van der Waals surface area contributed by atoms with Crippen LogP contribution in [0.2, 0.25) is 5.02 Å². The lowest BCUT2D eigenvalue weighted by Crippen LogP contribution is -2.27. The van der Waals surface area contributed by atoms with Crippen molar-refractivity contribution in [2.45, 2.75) is 6.42 Å². The van der Waals surface area contributed by atoms with E-state index in [0.29, 0.717) is 0 Å². The molecule has 0 radical (unpaired) electrons. The van der Waals surface area contributed by atoms with Gasteiger partial charge < -0.3 is 10.2 Å². The molecule has 2 aromatic rings. The fraction of sp³-hybridized carbons (Fsp3) is 0.312. The van der Waals surface area contributed by atoms with Crippen LogP contribution in [0.1, 0.15) is 5.69 Å². The summed E-state index contributed by atoms with van der Waals surface area (Å²) < 4.78 is 0. The molecule has 106 valence electrons. The van der Waals surface area contributed by atoms with Crippen molar-refractivity contribution in [1.82, 2.24) is 9.88 Å². The van der Waals surface area contributed by atoms with E-state index >= 15 is 0 Å². The second-order valence-electron chi connectivity index (χ2n) is 4.81. The number of halogens is 1. The Morgan fingerprint density at radius 3 is 2.80 bits per heavy atom. The molecule has 1 aromatic heterocycles. The highest BCUT2D eigenvalue weighted by atomic mass is 35.5. The molecule has 0 unspecified atom stereocenters. The zero-order chi connectivity index (χ0) is 14.2. The monoisotopic (exact) mass is 289 g/mol. The molecule has 0 saturated carbocycles. The second kappa shape index (κ2) is 7.88. The van der Waals surface area contributed by atoms with Gasteiger partial charge in [-0.15, -0.1) is 0 Å². The number of pyridine rings is 1. The summed E-state index contributed by atoms with van der Waals surface area (Å²) in [5.41, 5.74) is 2.21. The lowest BCUT2D eigenvalue weighted by Gasteiger charge is -2.17. The van der Waals surface area contributed by atoms with Gasteiger partial charge >= 0.3 is 0 Å². The van der Waals surface area contributed by atoms with Crippen LogP contribution in [0.25, 0.3) is 0 Å². The van der Waals surface area contributed by atoms with Crippen LogP contribution in [0.15, 0.2) is 48.7 Å². The van der Waals surface area contributed by atoms with Gasteiger partial charge in [-0.3, -0.25) is 4.98 Å². The molecular formula is C16H20ClN3. The summed E-state index contributed by atoms with van der Waals surface area (Å²) in [6, 6.07) is 13.8. The molecule has 1 aromatic carbocycles. The third-order valence-electron chi connectivity index (χ3n) is 3.12. The predicted octanol–water partition coefficient (Wildman–Crippen LogP) is 3.32. The van der Waals surface area contributed by atoms with Crippen LogP contribution in [0, 0.1) is 0 Å². The molecule has 0 saturated heterocycles. The van der Waals surface area contributed by atoms with Crippen LogP contribution in [-0.2, 0) is 6.42 Å². The summed E-state index contributed by atoms with van der Waals surface area (Å²) in [6.07, 6.45) is 2.82. The summed E-state index contributed by atoms with van der Waals surface area (Å²) in [7, 11) is 2.13. The van der Waals surface area contributed by atoms with Crippen LogP contribution in [0.3, 0.4) is 0 Å². The highest BCUT2D eigenvalue weighted by Gasteiger charge is 2.00. The number of hydrogen-bond donors (Lipinski definition) is 1. The van der Waals surface area contributed by atoms with Gasteiger partial charge in [-0.25, -0.2) is 0 Å². The van der Waals surface area contributed by atoms with Crippen LogP contribution >= 0.6 is 11.6 Å². The molecule has 0 aliphatic rings. The van der Waals surface area contributed by atoms with E-state index < -0.39 is 0 Å². The Morgan fingerprint density at radius 2 is 2.05 bits per heavy atom. The van der Waals surface area contributed by atoms with Gasteiger partial charge in [0.2, 0.25) is 0 Å². The van der Waals surface area contributed by atoms with Gasteiger partial charge in [-0.2, -0.15) is 0 Å². The molecule has 0 aliphatic heterocycles. The normalized spacial score (nSPS) is 10.8. The Balaban J connectivity index is 1.66. The average molecular weight is 290 g/mol. The van der Waals surface area contributed by atoms with Gasteiger partial charge in [0.25, 0.3) is 0 Å². The molecule has 1 N–H and O–H groups in total. The van der Waals surface area contributed by atoms with E-state index in [2.05, 4.69) is 28.3 Å². The van der Waals surface area contributed by atoms with Crippen molar-refractivity contribution in [1.29, 1.82) is 0 Å². The molecule has 0 amide bonds. The minimum atomic E-state index is 0.763. The lowest BCUT2D eigenvalue weighted by atomic mass is 10.2. The largest absolute Gasteiger partial charge is 0.384 e. The van der Waals surface area contributed by atoms with E-state index in [1.807, 2.05) is 42.6 Å². The fourth-order valence-corrected chi connectivity index (χ4v) is 2.14. The summed E-state index contributed by atoms with van der Waals surface area (Å²) >= 11 is 5.95. The predicted molar refractivity (Wildman–Crippen MR) is 85.4 cm³/mol. The van der Waals surface area contributed by atoms with Crippen LogP contribution in [0.4, 0.5) is 5.69 Å². The van der Waals surface area contributed by atoms with E-state index in [-0.39, 0.29) is 0 Å². The summed E-state index contributed by atoms with van der Waals surface area (Å²) in [4.78, 5) is 6.63. The molecule has 0 fully saturated rings. The topological polar surface area (TPSA) is 28.2 Å². The van der Waals surface area contributed by atoms with Gasteiger partial charge in [-0.05, 0) is 37.4 Å². The molecular weight excluding hydrogens is 270 g/mol. The number of nitrogens with one attached hydrogen (secondary N) is 1. The zero-order valence-corrected chi connectivity index (χ0v) is 12.5. The Labute approximate surface area is 125 Å². The first kappa shape index (κ1) is 14.8. The first-order valence-corrected chi connectivity index (χ1v) is 7.20. The van der Waals surface area contributed by atoms with Crippen molar-refractivity contribution in [3.8, 4) is 0 Å². The highest BCUT2D eigenvalue weighted by Crippen LogP contribution is 2.14. The Bertz CT molecular complexity index is 516. The quantitative estimate of drug-likeness (QED) is 0.847. The van der Waals surface area contributed by atoms with Crippen LogP contribution < -0.4 is 5.32 Å². The minimum absolute atomic E-state index is 0.763. The van der Waals surface area contributed by atoms with Gasteiger partial charge in [0.1, 0.15) is 0 Å². The number of anilines is 1. The highest BCUT2D eigenvalue weighted by molar-refractivity contribution is 6.30. The number of likely N-dealkylation sites (N-methyl/N-ethyl adjacent to an activating group) is 1. The van der Waals surface area contributed by atoms with Crippen molar-refractivity contribution in [3.05, 3.63) is 59.4 Å². The number of benzene rings is 1. The maximum absolute atomic E-state index is 5.95. The van der Waals surface area contributed by atoms with E-state index in [0.717, 1.165) is 42.5 Å². The molecule has 0 bridgehead atoms. The molecule has 4 heteroatoms. The second-order valence-corrected chi connectivity index (χ2v) is 5.25. The van der Waals surface area contributed by atoms with Crippen LogP contribution in [0.5, 0.6) is 0 Å². The molecule has 0 atom stereocenters. The SMILES string of the molecule is CN(CCNc1cccc(Cl)c1)CCc1ccccn1. The lowest BCUT2D eigenvalue weighted by molar-refractivity contribution is 0.350.